The fourth-order valence-corrected chi connectivity index (χ4v) is 0.271. The monoisotopic (exact) mass is 138 g/mol. The van der Waals surface area contributed by atoms with Gasteiger partial charge in [-0.25, -0.2) is 13.2 Å². The Bertz CT molecular complexity index is 78.0. The first-order valence-electron chi connectivity index (χ1n) is 2.56. The van der Waals surface area contributed by atoms with Crippen LogP contribution in [0.1, 0.15) is 0 Å². The Kier molecular flexibility index (Phi) is 3.35. The molecule has 9 heavy (non-hydrogen) atoms. The number of rotatable bonds is 4. The Morgan fingerprint density at radius 2 is 1.44 bits per heavy atom. The molecule has 54 valence electrons. The average Bonchev–Trinajstić information content (AvgIpc) is 1.95. The molecule has 0 aromatic heterocycles. The molecule has 0 unspecified atom stereocenters. The summed E-state index contributed by atoms with van der Waals surface area (Å²) in [5, 5.41) is 0. The van der Waals surface area contributed by atoms with Crippen LogP contribution in [0.25, 0.3) is 0 Å². The Morgan fingerprint density at radius 3 is 1.44 bits per heavy atom. The number of hydrogen-bond donors (Lipinski definition) is 0. The van der Waals surface area contributed by atoms with Crippen molar-refractivity contribution in [3.05, 3.63) is 12.7 Å². The van der Waals surface area contributed by atoms with Crippen LogP contribution in [0.4, 0.5) is 13.2 Å². The zero-order chi connectivity index (χ0) is 7.33. The van der Waals surface area contributed by atoms with Crippen molar-refractivity contribution in [1.82, 2.24) is 0 Å². The van der Waals surface area contributed by atoms with E-state index in [-0.39, 0.29) is 0 Å². The van der Waals surface area contributed by atoms with Gasteiger partial charge in [0.15, 0.2) is 0 Å². The van der Waals surface area contributed by atoms with Crippen molar-refractivity contribution in [3.63, 3.8) is 0 Å². The summed E-state index contributed by atoms with van der Waals surface area (Å²) < 4.78 is 35.3. The molecule has 0 aromatic rings. The molecule has 0 heterocycles. The van der Waals surface area contributed by atoms with E-state index in [0.29, 0.717) is 0 Å². The highest BCUT2D eigenvalue weighted by molar-refractivity contribution is 4.94. The van der Waals surface area contributed by atoms with E-state index < -0.39 is 25.4 Å². The second-order valence-electron chi connectivity index (χ2n) is 1.97. The van der Waals surface area contributed by atoms with Crippen molar-refractivity contribution in [1.29, 1.82) is 0 Å². The maximum atomic E-state index is 11.8. The van der Waals surface area contributed by atoms with E-state index in [9.17, 15) is 13.2 Å². The molecule has 0 bridgehead atoms. The highest BCUT2D eigenvalue weighted by Gasteiger charge is 2.26. The lowest BCUT2D eigenvalue weighted by atomic mass is 9.94. The minimum Gasteiger partial charge on any atom is -0.250 e. The maximum absolute atomic E-state index is 11.8. The Labute approximate surface area is 52.4 Å². The van der Waals surface area contributed by atoms with Gasteiger partial charge in [0.05, 0.1) is 5.41 Å². The predicted octanol–water partition coefficient (Wildman–Crippen LogP) is 2.07. The fourth-order valence-electron chi connectivity index (χ4n) is 0.271. The first kappa shape index (κ1) is 8.53. The van der Waals surface area contributed by atoms with Gasteiger partial charge in [-0.15, -0.1) is 6.58 Å². The summed E-state index contributed by atoms with van der Waals surface area (Å²) in [4.78, 5) is 0. The molecular formula is C6H9F3. The van der Waals surface area contributed by atoms with E-state index in [1.54, 1.807) is 0 Å². The standard InChI is InChI=1S/C6H9F3/c1-2-6(3-7,4-8)5-9/h2H,1,3-5H2. The second-order valence-corrected chi connectivity index (χ2v) is 1.97. The molecule has 0 nitrogen and oxygen atoms in total. The van der Waals surface area contributed by atoms with Crippen molar-refractivity contribution in [2.75, 3.05) is 20.0 Å². The lowest BCUT2D eigenvalue weighted by molar-refractivity contribution is 0.164. The first-order valence-corrected chi connectivity index (χ1v) is 2.56. The van der Waals surface area contributed by atoms with E-state index in [4.69, 9.17) is 0 Å². The van der Waals surface area contributed by atoms with Crippen LogP contribution in [0.15, 0.2) is 12.7 Å². The summed E-state index contributed by atoms with van der Waals surface area (Å²) >= 11 is 0. The molecule has 0 radical (unpaired) electrons. The Hall–Kier alpha value is -0.470. The average molecular weight is 138 g/mol. The van der Waals surface area contributed by atoms with Crippen LogP contribution in [-0.2, 0) is 0 Å². The van der Waals surface area contributed by atoms with Crippen LogP contribution < -0.4 is 0 Å². The van der Waals surface area contributed by atoms with Crippen LogP contribution in [0.2, 0.25) is 0 Å². The highest BCUT2D eigenvalue weighted by atomic mass is 19.1. The normalized spacial score (nSPS) is 11.4. The molecule has 0 aliphatic heterocycles. The lowest BCUT2D eigenvalue weighted by Crippen LogP contribution is -2.25. The number of alkyl halides is 3. The van der Waals surface area contributed by atoms with Crippen LogP contribution in [0.5, 0.6) is 0 Å². The molecule has 0 aliphatic rings. The molecule has 0 amide bonds. The summed E-state index contributed by atoms with van der Waals surface area (Å²) in [6.07, 6.45) is 0.979. The summed E-state index contributed by atoms with van der Waals surface area (Å²) in [5.74, 6) is 0. The van der Waals surface area contributed by atoms with Crippen molar-refractivity contribution in [3.8, 4) is 0 Å². The van der Waals surface area contributed by atoms with Crippen molar-refractivity contribution >= 4 is 0 Å². The number of halogens is 3. The second kappa shape index (κ2) is 3.54. The van der Waals surface area contributed by atoms with Gasteiger partial charge in [0.2, 0.25) is 0 Å². The minimum absolute atomic E-state index is 0.979. The zero-order valence-corrected chi connectivity index (χ0v) is 5.04. The van der Waals surface area contributed by atoms with Crippen molar-refractivity contribution in [2.24, 2.45) is 5.41 Å². The smallest absolute Gasteiger partial charge is 0.104 e. The van der Waals surface area contributed by atoms with Gasteiger partial charge in [-0.05, 0) is 0 Å². The van der Waals surface area contributed by atoms with Gasteiger partial charge < -0.3 is 0 Å². The minimum atomic E-state index is -1.57. The van der Waals surface area contributed by atoms with Gasteiger partial charge in [0, 0.05) is 0 Å². The molecule has 0 rings (SSSR count). The molecule has 0 aliphatic carbocycles. The van der Waals surface area contributed by atoms with Crippen LogP contribution in [0, 0.1) is 5.41 Å². The summed E-state index contributed by atoms with van der Waals surface area (Å²) in [6.45, 7) is 0.0528. The molecule has 0 fully saturated rings. The molecule has 0 atom stereocenters. The van der Waals surface area contributed by atoms with Gasteiger partial charge in [-0.1, -0.05) is 6.08 Å². The molecule has 0 saturated heterocycles. The van der Waals surface area contributed by atoms with Crippen LogP contribution in [0.3, 0.4) is 0 Å². The van der Waals surface area contributed by atoms with Gasteiger partial charge >= 0.3 is 0 Å². The van der Waals surface area contributed by atoms with E-state index in [0.717, 1.165) is 6.08 Å². The third kappa shape index (κ3) is 1.73. The third-order valence-electron chi connectivity index (χ3n) is 1.23. The number of hydrogen-bond acceptors (Lipinski definition) is 0. The predicted molar refractivity (Wildman–Crippen MR) is 30.6 cm³/mol. The van der Waals surface area contributed by atoms with E-state index in [1.165, 1.54) is 0 Å². The van der Waals surface area contributed by atoms with Crippen molar-refractivity contribution < 1.29 is 13.2 Å². The van der Waals surface area contributed by atoms with E-state index >= 15 is 0 Å². The van der Waals surface area contributed by atoms with Gasteiger partial charge in [0.25, 0.3) is 0 Å². The van der Waals surface area contributed by atoms with Gasteiger partial charge in [0.1, 0.15) is 20.0 Å². The molecule has 0 N–H and O–H groups in total. The van der Waals surface area contributed by atoms with Crippen LogP contribution in [-0.4, -0.2) is 20.0 Å². The molecule has 0 spiro atoms. The summed E-state index contributed by atoms with van der Waals surface area (Å²) in [5.41, 5.74) is -1.57. The SMILES string of the molecule is C=CC(CF)(CF)CF. The fraction of sp³-hybridized carbons (Fsp3) is 0.667. The van der Waals surface area contributed by atoms with Crippen molar-refractivity contribution in [2.45, 2.75) is 0 Å². The quantitative estimate of drug-likeness (QED) is 0.521. The zero-order valence-electron chi connectivity index (χ0n) is 5.04. The topological polar surface area (TPSA) is 0 Å². The lowest BCUT2D eigenvalue weighted by Gasteiger charge is -2.17. The largest absolute Gasteiger partial charge is 0.250 e. The molecule has 3 heteroatoms. The van der Waals surface area contributed by atoms with Crippen LogP contribution >= 0.6 is 0 Å². The molecule has 0 aromatic carbocycles. The third-order valence-corrected chi connectivity index (χ3v) is 1.23. The molecule has 0 saturated carbocycles. The Balaban J connectivity index is 3.98. The summed E-state index contributed by atoms with van der Waals surface area (Å²) in [6, 6.07) is 0. The first-order chi connectivity index (χ1) is 4.24. The van der Waals surface area contributed by atoms with Gasteiger partial charge in [-0.3, -0.25) is 0 Å². The molecular weight excluding hydrogens is 129 g/mol. The number of allylic oxidation sites excluding steroid dienone is 1. The Morgan fingerprint density at radius 1 is 1.11 bits per heavy atom. The van der Waals surface area contributed by atoms with E-state index in [2.05, 4.69) is 6.58 Å². The maximum Gasteiger partial charge on any atom is 0.104 e. The summed E-state index contributed by atoms with van der Waals surface area (Å²) in [7, 11) is 0. The van der Waals surface area contributed by atoms with Gasteiger partial charge in [-0.2, -0.15) is 0 Å². The highest BCUT2D eigenvalue weighted by Crippen LogP contribution is 2.20. The van der Waals surface area contributed by atoms with E-state index in [1.807, 2.05) is 0 Å².